The van der Waals surface area contributed by atoms with E-state index in [0.717, 1.165) is 6.07 Å². The SMILES string of the molecule is COC(=O)c1ccc(NC(C)=O)cc1F. The van der Waals surface area contributed by atoms with E-state index in [2.05, 4.69) is 10.1 Å². The van der Waals surface area contributed by atoms with E-state index >= 15 is 0 Å². The highest BCUT2D eigenvalue weighted by atomic mass is 19.1. The van der Waals surface area contributed by atoms with Crippen LogP contribution in [0.25, 0.3) is 0 Å². The third-order valence-corrected chi connectivity index (χ3v) is 1.69. The van der Waals surface area contributed by atoms with Crippen LogP contribution in [0.1, 0.15) is 17.3 Å². The molecule has 5 heteroatoms. The zero-order chi connectivity index (χ0) is 11.4. The molecule has 0 spiro atoms. The Morgan fingerprint density at radius 3 is 2.53 bits per heavy atom. The molecule has 80 valence electrons. The van der Waals surface area contributed by atoms with Crippen molar-refractivity contribution in [3.63, 3.8) is 0 Å². The van der Waals surface area contributed by atoms with E-state index in [1.165, 1.54) is 26.2 Å². The first-order chi connectivity index (χ1) is 7.04. The van der Waals surface area contributed by atoms with Crippen molar-refractivity contribution in [1.29, 1.82) is 0 Å². The Hall–Kier alpha value is -1.91. The molecule has 4 nitrogen and oxygen atoms in total. The third-order valence-electron chi connectivity index (χ3n) is 1.69. The second kappa shape index (κ2) is 4.54. The molecule has 0 aliphatic carbocycles. The molecule has 0 unspecified atom stereocenters. The third kappa shape index (κ3) is 2.77. The molecular weight excluding hydrogens is 201 g/mol. The summed E-state index contributed by atoms with van der Waals surface area (Å²) in [5.41, 5.74) is 0.138. The number of methoxy groups -OCH3 is 1. The lowest BCUT2D eigenvalue weighted by Crippen LogP contribution is -2.08. The van der Waals surface area contributed by atoms with E-state index in [4.69, 9.17) is 0 Å². The number of anilines is 1. The van der Waals surface area contributed by atoms with E-state index in [9.17, 15) is 14.0 Å². The Kier molecular flexibility index (Phi) is 3.38. The van der Waals surface area contributed by atoms with Gasteiger partial charge in [-0.15, -0.1) is 0 Å². The van der Waals surface area contributed by atoms with Crippen LogP contribution < -0.4 is 5.32 Å². The van der Waals surface area contributed by atoms with Crippen LogP contribution in [0.15, 0.2) is 18.2 Å². The van der Waals surface area contributed by atoms with Crippen LogP contribution >= 0.6 is 0 Å². The summed E-state index contributed by atoms with van der Waals surface area (Å²) in [5, 5.41) is 2.40. The van der Waals surface area contributed by atoms with Gasteiger partial charge in [0.25, 0.3) is 0 Å². The number of hydrogen-bond acceptors (Lipinski definition) is 3. The predicted molar refractivity (Wildman–Crippen MR) is 52.0 cm³/mol. The van der Waals surface area contributed by atoms with Crippen molar-refractivity contribution in [2.24, 2.45) is 0 Å². The minimum Gasteiger partial charge on any atom is -0.465 e. The molecule has 0 aliphatic heterocycles. The van der Waals surface area contributed by atoms with Crippen molar-refractivity contribution in [1.82, 2.24) is 0 Å². The maximum atomic E-state index is 13.3. The maximum absolute atomic E-state index is 13.3. The summed E-state index contributed by atoms with van der Waals surface area (Å²) in [5.74, 6) is -1.78. The molecule has 0 radical (unpaired) electrons. The molecular formula is C10H10FNO3. The van der Waals surface area contributed by atoms with Gasteiger partial charge in [0.2, 0.25) is 5.91 Å². The van der Waals surface area contributed by atoms with E-state index in [-0.39, 0.29) is 11.5 Å². The fourth-order valence-corrected chi connectivity index (χ4v) is 1.07. The molecule has 0 aromatic heterocycles. The fraction of sp³-hybridized carbons (Fsp3) is 0.200. The first-order valence-electron chi connectivity index (χ1n) is 4.20. The molecule has 15 heavy (non-hydrogen) atoms. The number of rotatable bonds is 2. The molecule has 1 aromatic carbocycles. The monoisotopic (exact) mass is 211 g/mol. The van der Waals surface area contributed by atoms with Gasteiger partial charge >= 0.3 is 5.97 Å². The van der Waals surface area contributed by atoms with Crippen LogP contribution in [0.3, 0.4) is 0 Å². The first kappa shape index (κ1) is 11.2. The lowest BCUT2D eigenvalue weighted by Gasteiger charge is -2.04. The van der Waals surface area contributed by atoms with Crippen molar-refractivity contribution in [2.75, 3.05) is 12.4 Å². The quantitative estimate of drug-likeness (QED) is 0.755. The van der Waals surface area contributed by atoms with Gasteiger partial charge in [-0.1, -0.05) is 0 Å². The average molecular weight is 211 g/mol. The van der Waals surface area contributed by atoms with Crippen molar-refractivity contribution in [2.45, 2.75) is 6.92 Å². The lowest BCUT2D eigenvalue weighted by atomic mass is 10.2. The van der Waals surface area contributed by atoms with Crippen LogP contribution in [-0.4, -0.2) is 19.0 Å². The van der Waals surface area contributed by atoms with Crippen LogP contribution in [0, 0.1) is 5.82 Å². The highest BCUT2D eigenvalue weighted by molar-refractivity contribution is 5.92. The molecule has 0 atom stereocenters. The Labute approximate surface area is 86.0 Å². The normalized spacial score (nSPS) is 9.53. The predicted octanol–water partition coefficient (Wildman–Crippen LogP) is 1.57. The van der Waals surface area contributed by atoms with Crippen molar-refractivity contribution in [3.8, 4) is 0 Å². The van der Waals surface area contributed by atoms with Gasteiger partial charge in [-0.2, -0.15) is 0 Å². The van der Waals surface area contributed by atoms with Gasteiger partial charge in [-0.25, -0.2) is 9.18 Å². The highest BCUT2D eigenvalue weighted by Gasteiger charge is 2.12. The molecule has 1 rings (SSSR count). The summed E-state index contributed by atoms with van der Waals surface area (Å²) >= 11 is 0. The van der Waals surface area contributed by atoms with Crippen molar-refractivity contribution in [3.05, 3.63) is 29.6 Å². The largest absolute Gasteiger partial charge is 0.465 e. The summed E-state index contributed by atoms with van der Waals surface area (Å²) in [7, 11) is 1.17. The van der Waals surface area contributed by atoms with Crippen LogP contribution in [0.2, 0.25) is 0 Å². The van der Waals surface area contributed by atoms with E-state index in [1.54, 1.807) is 0 Å². The molecule has 0 saturated heterocycles. The van der Waals surface area contributed by atoms with Crippen molar-refractivity contribution < 1.29 is 18.7 Å². The maximum Gasteiger partial charge on any atom is 0.340 e. The standard InChI is InChI=1S/C10H10FNO3/c1-6(13)12-7-3-4-8(9(11)5-7)10(14)15-2/h3-5H,1-2H3,(H,12,13). The lowest BCUT2D eigenvalue weighted by molar-refractivity contribution is -0.114. The second-order valence-corrected chi connectivity index (χ2v) is 2.87. The number of amides is 1. The summed E-state index contributed by atoms with van der Waals surface area (Å²) in [4.78, 5) is 21.7. The summed E-state index contributed by atoms with van der Waals surface area (Å²) in [6.07, 6.45) is 0. The second-order valence-electron chi connectivity index (χ2n) is 2.87. The van der Waals surface area contributed by atoms with Gasteiger partial charge in [-0.3, -0.25) is 4.79 Å². The molecule has 1 N–H and O–H groups in total. The Morgan fingerprint density at radius 1 is 1.40 bits per heavy atom. The fourth-order valence-electron chi connectivity index (χ4n) is 1.07. The summed E-state index contributed by atoms with van der Waals surface area (Å²) in [6.45, 7) is 1.31. The molecule has 0 fully saturated rings. The smallest absolute Gasteiger partial charge is 0.340 e. The van der Waals surface area contributed by atoms with Gasteiger partial charge in [0, 0.05) is 12.6 Å². The molecule has 0 aliphatic rings. The number of esters is 1. The Morgan fingerprint density at radius 2 is 2.07 bits per heavy atom. The van der Waals surface area contributed by atoms with Gasteiger partial charge < -0.3 is 10.1 Å². The van der Waals surface area contributed by atoms with Crippen LogP contribution in [0.5, 0.6) is 0 Å². The Bertz CT molecular complexity index is 404. The number of nitrogens with one attached hydrogen (secondary N) is 1. The molecule has 0 bridgehead atoms. The molecule has 1 aromatic rings. The van der Waals surface area contributed by atoms with Gasteiger partial charge in [0.05, 0.1) is 12.7 Å². The number of halogens is 1. The Balaban J connectivity index is 2.97. The minimum atomic E-state index is -0.748. The number of benzene rings is 1. The number of ether oxygens (including phenoxy) is 1. The number of carbonyl (C=O) groups excluding carboxylic acids is 2. The zero-order valence-electron chi connectivity index (χ0n) is 8.33. The van der Waals surface area contributed by atoms with Gasteiger partial charge in [0.1, 0.15) is 5.82 Å². The van der Waals surface area contributed by atoms with Gasteiger partial charge in [0.15, 0.2) is 0 Å². The number of carbonyl (C=O) groups is 2. The van der Waals surface area contributed by atoms with Crippen molar-refractivity contribution >= 4 is 17.6 Å². The summed E-state index contributed by atoms with van der Waals surface area (Å²) < 4.78 is 17.7. The zero-order valence-corrected chi connectivity index (χ0v) is 8.33. The summed E-state index contributed by atoms with van der Waals surface area (Å²) in [6, 6.07) is 3.75. The van der Waals surface area contributed by atoms with Crippen LogP contribution in [-0.2, 0) is 9.53 Å². The van der Waals surface area contributed by atoms with E-state index in [1.807, 2.05) is 0 Å². The molecule has 0 heterocycles. The van der Waals surface area contributed by atoms with Gasteiger partial charge in [-0.05, 0) is 18.2 Å². The topological polar surface area (TPSA) is 55.4 Å². The first-order valence-corrected chi connectivity index (χ1v) is 4.20. The van der Waals surface area contributed by atoms with E-state index in [0.29, 0.717) is 5.69 Å². The minimum absolute atomic E-state index is 0.161. The number of hydrogen-bond donors (Lipinski definition) is 1. The molecule has 1 amide bonds. The highest BCUT2D eigenvalue weighted by Crippen LogP contribution is 2.15. The molecule has 0 saturated carbocycles. The average Bonchev–Trinajstić information content (AvgIpc) is 2.16. The van der Waals surface area contributed by atoms with Crippen LogP contribution in [0.4, 0.5) is 10.1 Å². The van der Waals surface area contributed by atoms with E-state index < -0.39 is 11.8 Å².